The molecule has 0 aromatic carbocycles. The predicted molar refractivity (Wildman–Crippen MR) is 66.2 cm³/mol. The highest BCUT2D eigenvalue weighted by Gasteiger charge is 2.23. The molecule has 2 aliphatic heterocycles. The minimum atomic E-state index is -0.285. The first-order chi connectivity index (χ1) is 8.66. The first-order valence-electron chi connectivity index (χ1n) is 6.55. The highest BCUT2D eigenvalue weighted by molar-refractivity contribution is 5.77. The normalized spacial score (nSPS) is 21.9. The number of rotatable bonds is 3. The van der Waals surface area contributed by atoms with E-state index in [1.807, 2.05) is 4.90 Å². The molecule has 0 radical (unpaired) electrons. The predicted octanol–water partition coefficient (Wildman–Crippen LogP) is -0.00720. The lowest BCUT2D eigenvalue weighted by Crippen LogP contribution is -2.48. The van der Waals surface area contributed by atoms with Crippen LogP contribution in [-0.2, 0) is 9.53 Å². The lowest BCUT2D eigenvalue weighted by Gasteiger charge is -2.33. The Morgan fingerprint density at radius 2 is 1.94 bits per heavy atom. The second-order valence-electron chi connectivity index (χ2n) is 4.89. The molecule has 0 atom stereocenters. The summed E-state index contributed by atoms with van der Waals surface area (Å²) in [6, 6.07) is 0. The van der Waals surface area contributed by atoms with Gasteiger partial charge in [0.1, 0.15) is 0 Å². The van der Waals surface area contributed by atoms with Gasteiger partial charge in [-0.25, -0.2) is 4.79 Å². The molecule has 2 saturated heterocycles. The summed E-state index contributed by atoms with van der Waals surface area (Å²) < 4.78 is 4.94. The maximum absolute atomic E-state index is 12.0. The highest BCUT2D eigenvalue weighted by Crippen LogP contribution is 2.07. The van der Waals surface area contributed by atoms with Gasteiger partial charge in [0, 0.05) is 45.7 Å². The molecule has 0 saturated carbocycles. The molecule has 0 aromatic heterocycles. The molecule has 2 rings (SSSR count). The monoisotopic (exact) mass is 255 g/mol. The molecule has 6 nitrogen and oxygen atoms in total. The number of amides is 2. The summed E-state index contributed by atoms with van der Waals surface area (Å²) >= 11 is 0. The van der Waals surface area contributed by atoms with Crippen molar-refractivity contribution in [3.05, 3.63) is 0 Å². The van der Waals surface area contributed by atoms with Crippen molar-refractivity contribution in [2.24, 2.45) is 0 Å². The summed E-state index contributed by atoms with van der Waals surface area (Å²) in [7, 11) is 2.06. The smallest absolute Gasteiger partial charge is 0.409 e. The van der Waals surface area contributed by atoms with Gasteiger partial charge in [0.2, 0.25) is 5.91 Å². The van der Waals surface area contributed by atoms with E-state index in [4.69, 9.17) is 4.74 Å². The summed E-state index contributed by atoms with van der Waals surface area (Å²) in [6.07, 6.45) is 0.972. The zero-order valence-electron chi connectivity index (χ0n) is 10.9. The molecule has 102 valence electrons. The van der Waals surface area contributed by atoms with E-state index in [0.29, 0.717) is 26.1 Å². The Morgan fingerprint density at radius 3 is 2.61 bits per heavy atom. The van der Waals surface area contributed by atoms with E-state index in [2.05, 4.69) is 11.9 Å². The van der Waals surface area contributed by atoms with Crippen LogP contribution in [0.3, 0.4) is 0 Å². The number of carbonyl (C=O) groups is 2. The van der Waals surface area contributed by atoms with Crippen LogP contribution in [0, 0.1) is 0 Å². The fourth-order valence-electron chi connectivity index (χ4n) is 2.25. The Hall–Kier alpha value is -1.30. The van der Waals surface area contributed by atoms with Crippen LogP contribution in [0.4, 0.5) is 4.79 Å². The van der Waals surface area contributed by atoms with E-state index in [0.717, 1.165) is 32.6 Å². The molecule has 18 heavy (non-hydrogen) atoms. The average Bonchev–Trinajstić information content (AvgIpc) is 2.38. The second-order valence-corrected chi connectivity index (χ2v) is 4.89. The molecular formula is C12H21N3O3. The third-order valence-electron chi connectivity index (χ3n) is 3.51. The van der Waals surface area contributed by atoms with Crippen LogP contribution >= 0.6 is 0 Å². The van der Waals surface area contributed by atoms with Crippen LogP contribution in [0.2, 0.25) is 0 Å². The van der Waals surface area contributed by atoms with E-state index < -0.39 is 0 Å². The Morgan fingerprint density at radius 1 is 1.22 bits per heavy atom. The Bertz CT molecular complexity index is 314. The average molecular weight is 255 g/mol. The Balaban J connectivity index is 1.72. The van der Waals surface area contributed by atoms with E-state index in [1.165, 1.54) is 0 Å². The molecule has 2 amide bonds. The Labute approximate surface area is 107 Å². The third-order valence-corrected chi connectivity index (χ3v) is 3.51. The maximum atomic E-state index is 12.0. The number of cyclic esters (lactones) is 1. The zero-order chi connectivity index (χ0) is 13.0. The van der Waals surface area contributed by atoms with Crippen molar-refractivity contribution >= 4 is 12.0 Å². The van der Waals surface area contributed by atoms with Crippen molar-refractivity contribution in [2.45, 2.75) is 12.8 Å². The molecule has 0 aliphatic carbocycles. The first-order valence-corrected chi connectivity index (χ1v) is 6.55. The lowest BCUT2D eigenvalue weighted by molar-refractivity contribution is -0.133. The van der Waals surface area contributed by atoms with Gasteiger partial charge >= 0.3 is 6.09 Å². The number of piperazine rings is 1. The van der Waals surface area contributed by atoms with E-state index in [9.17, 15) is 9.59 Å². The zero-order valence-corrected chi connectivity index (χ0v) is 10.9. The number of hydrogen-bond acceptors (Lipinski definition) is 4. The van der Waals surface area contributed by atoms with Gasteiger partial charge in [0.25, 0.3) is 0 Å². The number of ether oxygens (including phenoxy) is 1. The minimum Gasteiger partial charge on any atom is -0.449 e. The maximum Gasteiger partial charge on any atom is 0.409 e. The standard InChI is InChI=1S/C12H21N3O3/c1-13-6-8-14(9-7-13)11(16)3-5-15-4-2-10-18-12(15)17/h2-10H2,1H3. The van der Waals surface area contributed by atoms with Crippen molar-refractivity contribution < 1.29 is 14.3 Å². The first kappa shape index (κ1) is 13.1. The molecule has 0 N–H and O–H groups in total. The third kappa shape index (κ3) is 3.35. The minimum absolute atomic E-state index is 0.140. The van der Waals surface area contributed by atoms with Gasteiger partial charge in [0.15, 0.2) is 0 Å². The fraction of sp³-hybridized carbons (Fsp3) is 0.833. The van der Waals surface area contributed by atoms with Gasteiger partial charge in [0.05, 0.1) is 6.61 Å². The van der Waals surface area contributed by atoms with E-state index in [-0.39, 0.29) is 12.0 Å². The van der Waals surface area contributed by atoms with E-state index >= 15 is 0 Å². The second kappa shape index (κ2) is 6.04. The quantitative estimate of drug-likeness (QED) is 0.712. The Kier molecular flexibility index (Phi) is 4.41. The van der Waals surface area contributed by atoms with Gasteiger partial charge in [-0.3, -0.25) is 4.79 Å². The molecule has 0 aromatic rings. The molecule has 0 unspecified atom stereocenters. The summed E-state index contributed by atoms with van der Waals surface area (Å²) in [5, 5.41) is 0. The molecule has 2 heterocycles. The van der Waals surface area contributed by atoms with Gasteiger partial charge in [-0.2, -0.15) is 0 Å². The van der Waals surface area contributed by atoms with Crippen LogP contribution < -0.4 is 0 Å². The number of hydrogen-bond donors (Lipinski definition) is 0. The number of nitrogens with zero attached hydrogens (tertiary/aromatic N) is 3. The topological polar surface area (TPSA) is 53.1 Å². The summed E-state index contributed by atoms with van der Waals surface area (Å²) in [6.45, 7) is 5.12. The van der Waals surface area contributed by atoms with Crippen LogP contribution in [-0.4, -0.2) is 79.6 Å². The van der Waals surface area contributed by atoms with Crippen molar-refractivity contribution in [1.29, 1.82) is 0 Å². The van der Waals surface area contributed by atoms with Crippen LogP contribution in [0.15, 0.2) is 0 Å². The van der Waals surface area contributed by atoms with Gasteiger partial charge in [-0.05, 0) is 13.5 Å². The molecule has 0 bridgehead atoms. The van der Waals surface area contributed by atoms with Crippen LogP contribution in [0.25, 0.3) is 0 Å². The van der Waals surface area contributed by atoms with Gasteiger partial charge in [-0.1, -0.05) is 0 Å². The van der Waals surface area contributed by atoms with Crippen LogP contribution in [0.5, 0.6) is 0 Å². The summed E-state index contributed by atoms with van der Waals surface area (Å²) in [4.78, 5) is 29.1. The van der Waals surface area contributed by atoms with Crippen molar-refractivity contribution in [3.8, 4) is 0 Å². The van der Waals surface area contributed by atoms with Gasteiger partial charge in [-0.15, -0.1) is 0 Å². The molecule has 6 heteroatoms. The number of likely N-dealkylation sites (N-methyl/N-ethyl adjacent to an activating group) is 1. The lowest BCUT2D eigenvalue weighted by atomic mass is 10.2. The van der Waals surface area contributed by atoms with E-state index in [1.54, 1.807) is 4.90 Å². The molecular weight excluding hydrogens is 234 g/mol. The highest BCUT2D eigenvalue weighted by atomic mass is 16.6. The SMILES string of the molecule is CN1CCN(C(=O)CCN2CCCOC2=O)CC1. The van der Waals surface area contributed by atoms with Gasteiger partial charge < -0.3 is 19.4 Å². The fourth-order valence-corrected chi connectivity index (χ4v) is 2.25. The van der Waals surface area contributed by atoms with Crippen molar-refractivity contribution in [3.63, 3.8) is 0 Å². The number of carbonyl (C=O) groups excluding carboxylic acids is 2. The molecule has 2 aliphatic rings. The molecule has 0 spiro atoms. The van der Waals surface area contributed by atoms with Crippen molar-refractivity contribution in [2.75, 3.05) is 52.9 Å². The van der Waals surface area contributed by atoms with Crippen molar-refractivity contribution in [1.82, 2.24) is 14.7 Å². The molecule has 2 fully saturated rings. The summed E-state index contributed by atoms with van der Waals surface area (Å²) in [5.41, 5.74) is 0. The summed E-state index contributed by atoms with van der Waals surface area (Å²) in [5.74, 6) is 0.140. The van der Waals surface area contributed by atoms with Crippen LogP contribution in [0.1, 0.15) is 12.8 Å². The largest absolute Gasteiger partial charge is 0.449 e.